The molecule has 9 heavy (non-hydrogen) atoms. The van der Waals surface area contributed by atoms with E-state index in [0.717, 1.165) is 10.5 Å². The van der Waals surface area contributed by atoms with Gasteiger partial charge in [0.05, 0.1) is 5.60 Å². The topological polar surface area (TPSA) is 9.23 Å². The van der Waals surface area contributed by atoms with Crippen molar-refractivity contribution in [2.75, 3.05) is 0 Å². The van der Waals surface area contributed by atoms with Gasteiger partial charge >= 0.3 is 0 Å². The van der Waals surface area contributed by atoms with Crippen molar-refractivity contribution in [3.63, 3.8) is 0 Å². The van der Waals surface area contributed by atoms with Crippen molar-refractivity contribution in [3.8, 4) is 0 Å². The first-order valence-electron chi connectivity index (χ1n) is 3.50. The second kappa shape index (κ2) is 2.67. The summed E-state index contributed by atoms with van der Waals surface area (Å²) in [4.78, 5) is 0. The summed E-state index contributed by atoms with van der Waals surface area (Å²) >= 11 is 0. The summed E-state index contributed by atoms with van der Waals surface area (Å²) < 4.78 is 5.43. The Balaban J connectivity index is 2.56. The van der Waals surface area contributed by atoms with Crippen LogP contribution < -0.4 is 0 Å². The van der Waals surface area contributed by atoms with Crippen LogP contribution in [0.4, 0.5) is 0 Å². The van der Waals surface area contributed by atoms with Crippen molar-refractivity contribution < 1.29 is 4.43 Å². The molecule has 1 unspecified atom stereocenters. The Labute approximate surface area is 59.6 Å². The average Bonchev–Trinajstić information content (AvgIpc) is 1.90. The summed E-state index contributed by atoms with van der Waals surface area (Å²) in [5.74, 6) is 0. The lowest BCUT2D eigenvalue weighted by Gasteiger charge is -2.27. The van der Waals surface area contributed by atoms with Crippen LogP contribution in [0.5, 0.6) is 0 Å². The summed E-state index contributed by atoms with van der Waals surface area (Å²) in [5.41, 5.74) is 0.102. The van der Waals surface area contributed by atoms with Crippen LogP contribution in [0.15, 0.2) is 12.2 Å². The van der Waals surface area contributed by atoms with E-state index in [2.05, 4.69) is 19.1 Å². The quantitative estimate of drug-likeness (QED) is 0.388. The Morgan fingerprint density at radius 1 is 1.67 bits per heavy atom. The maximum absolute atomic E-state index is 5.43. The van der Waals surface area contributed by atoms with Gasteiger partial charge in [0.25, 0.3) is 0 Å². The molecule has 52 valence electrons. The molecule has 0 aliphatic heterocycles. The van der Waals surface area contributed by atoms with Crippen molar-refractivity contribution in [2.45, 2.75) is 31.8 Å². The van der Waals surface area contributed by atoms with Crippen LogP contribution in [0.25, 0.3) is 0 Å². The predicted octanol–water partition coefficient (Wildman–Crippen LogP) is 0.782. The molecule has 0 saturated heterocycles. The number of hydrogen-bond acceptors (Lipinski definition) is 1. The second-order valence-electron chi connectivity index (χ2n) is 2.81. The van der Waals surface area contributed by atoms with E-state index in [1.54, 1.807) is 0 Å². The number of hydrogen-bond donors (Lipinski definition) is 0. The summed E-state index contributed by atoms with van der Waals surface area (Å²) in [6.45, 7) is 2.16. The van der Waals surface area contributed by atoms with Crippen LogP contribution >= 0.6 is 0 Å². The van der Waals surface area contributed by atoms with Gasteiger partial charge in [-0.25, -0.2) is 0 Å². The summed E-state index contributed by atoms with van der Waals surface area (Å²) in [6.07, 6.45) is 8.15. The van der Waals surface area contributed by atoms with Crippen molar-refractivity contribution in [1.29, 1.82) is 0 Å². The molecule has 0 spiro atoms. The zero-order valence-corrected chi connectivity index (χ0v) is 8.18. The van der Waals surface area contributed by atoms with Gasteiger partial charge in [-0.2, -0.15) is 0 Å². The molecule has 0 radical (unpaired) electrons. The summed E-state index contributed by atoms with van der Waals surface area (Å²) in [6, 6.07) is 0. The fourth-order valence-electron chi connectivity index (χ4n) is 1.16. The van der Waals surface area contributed by atoms with Crippen molar-refractivity contribution in [3.05, 3.63) is 12.2 Å². The molecule has 0 aromatic rings. The molecule has 0 bridgehead atoms. The lowest BCUT2D eigenvalue weighted by molar-refractivity contribution is 0.137. The molecule has 0 amide bonds. The van der Waals surface area contributed by atoms with E-state index in [1.807, 2.05) is 0 Å². The first-order valence-corrected chi connectivity index (χ1v) is 4.31. The minimum Gasteiger partial charge on any atom is -0.419 e. The van der Waals surface area contributed by atoms with Crippen molar-refractivity contribution in [2.24, 2.45) is 0 Å². The predicted molar refractivity (Wildman–Crippen MR) is 42.4 cm³/mol. The molecule has 0 aromatic heterocycles. The van der Waals surface area contributed by atoms with E-state index >= 15 is 0 Å². The Bertz CT molecular complexity index is 122. The highest BCUT2D eigenvalue weighted by Gasteiger charge is 2.20. The molecule has 0 aromatic carbocycles. The normalized spacial score (nSPS) is 35.2. The fourth-order valence-corrected chi connectivity index (χ4v) is 1.50. The molecule has 0 fully saturated rings. The van der Waals surface area contributed by atoms with Crippen LogP contribution in [0, 0.1) is 0 Å². The average molecular weight is 142 g/mol. The number of rotatable bonds is 1. The minimum absolute atomic E-state index is 0.102. The third-order valence-electron chi connectivity index (χ3n) is 1.98. The molecule has 1 rings (SSSR count). The van der Waals surface area contributed by atoms with Gasteiger partial charge in [0.1, 0.15) is 10.5 Å². The van der Waals surface area contributed by atoms with Crippen molar-refractivity contribution >= 4 is 10.5 Å². The molecule has 0 heterocycles. The van der Waals surface area contributed by atoms with Crippen LogP contribution in [0.1, 0.15) is 26.2 Å². The van der Waals surface area contributed by atoms with E-state index in [1.165, 1.54) is 19.3 Å². The lowest BCUT2D eigenvalue weighted by atomic mass is 9.93. The summed E-state index contributed by atoms with van der Waals surface area (Å²) in [7, 11) is 0.853. The summed E-state index contributed by atoms with van der Waals surface area (Å²) in [5, 5.41) is 0. The third kappa shape index (κ3) is 1.66. The second-order valence-corrected chi connectivity index (χ2v) is 3.22. The zero-order valence-electron chi connectivity index (χ0n) is 6.18. The number of allylic oxidation sites excluding steroid dienone is 1. The first kappa shape index (κ1) is 7.03. The SMILES string of the molecule is CC1(O[SiH3])C=CCCC1. The molecule has 1 aliphatic carbocycles. The standard InChI is InChI=1S/C7H14OSi/c1-7(8-9)5-3-2-4-6-7/h3,5H,2,4,6H2,1,9H3. The minimum atomic E-state index is 0.102. The van der Waals surface area contributed by atoms with Gasteiger partial charge in [-0.15, -0.1) is 0 Å². The third-order valence-corrected chi connectivity index (χ3v) is 2.91. The zero-order chi connectivity index (χ0) is 6.74. The maximum atomic E-state index is 5.43. The molecule has 2 heteroatoms. The molecule has 0 N–H and O–H groups in total. The highest BCUT2D eigenvalue weighted by Crippen LogP contribution is 2.23. The molecular weight excluding hydrogens is 128 g/mol. The Hall–Kier alpha value is -0.0831. The van der Waals surface area contributed by atoms with Gasteiger partial charge in [-0.1, -0.05) is 12.2 Å². The first-order chi connectivity index (χ1) is 4.27. The molecule has 0 saturated carbocycles. The van der Waals surface area contributed by atoms with Gasteiger partial charge in [-0.05, 0) is 26.2 Å². The molecular formula is C7H14OSi. The molecule has 1 atom stereocenters. The van der Waals surface area contributed by atoms with Gasteiger partial charge in [0, 0.05) is 0 Å². The van der Waals surface area contributed by atoms with Crippen LogP contribution in [0.3, 0.4) is 0 Å². The highest BCUT2D eigenvalue weighted by atomic mass is 28.2. The lowest BCUT2D eigenvalue weighted by Crippen LogP contribution is -2.26. The van der Waals surface area contributed by atoms with E-state index in [4.69, 9.17) is 4.43 Å². The molecule has 1 aliphatic rings. The van der Waals surface area contributed by atoms with E-state index in [9.17, 15) is 0 Å². The Morgan fingerprint density at radius 3 is 2.78 bits per heavy atom. The highest BCUT2D eigenvalue weighted by molar-refractivity contribution is 5.98. The largest absolute Gasteiger partial charge is 0.419 e. The van der Waals surface area contributed by atoms with Crippen LogP contribution in [-0.2, 0) is 4.43 Å². The smallest absolute Gasteiger partial charge is 0.147 e. The fraction of sp³-hybridized carbons (Fsp3) is 0.714. The van der Waals surface area contributed by atoms with Gasteiger partial charge in [-0.3, -0.25) is 0 Å². The van der Waals surface area contributed by atoms with Crippen molar-refractivity contribution in [1.82, 2.24) is 0 Å². The maximum Gasteiger partial charge on any atom is 0.147 e. The van der Waals surface area contributed by atoms with Gasteiger partial charge < -0.3 is 4.43 Å². The Morgan fingerprint density at radius 2 is 2.44 bits per heavy atom. The van der Waals surface area contributed by atoms with E-state index in [-0.39, 0.29) is 5.60 Å². The van der Waals surface area contributed by atoms with Gasteiger partial charge in [0.2, 0.25) is 0 Å². The van der Waals surface area contributed by atoms with Crippen LogP contribution in [0.2, 0.25) is 0 Å². The van der Waals surface area contributed by atoms with Gasteiger partial charge in [0.15, 0.2) is 0 Å². The van der Waals surface area contributed by atoms with Crippen LogP contribution in [-0.4, -0.2) is 16.1 Å². The molecule has 1 nitrogen and oxygen atoms in total. The Kier molecular flexibility index (Phi) is 2.08. The van der Waals surface area contributed by atoms with E-state index in [0.29, 0.717) is 0 Å². The van der Waals surface area contributed by atoms with E-state index < -0.39 is 0 Å². The monoisotopic (exact) mass is 142 g/mol.